The highest BCUT2D eigenvalue weighted by Crippen LogP contribution is 2.24. The van der Waals surface area contributed by atoms with E-state index in [0.717, 1.165) is 28.8 Å². The highest BCUT2D eigenvalue weighted by atomic mass is 35.5. The minimum Gasteiger partial charge on any atom is -0.339 e. The average Bonchev–Trinajstić information content (AvgIpc) is 2.66. The molecule has 30 heavy (non-hydrogen) atoms. The van der Waals surface area contributed by atoms with Crippen LogP contribution in [0.3, 0.4) is 0 Å². The zero-order valence-electron chi connectivity index (χ0n) is 14.6. The van der Waals surface area contributed by atoms with Gasteiger partial charge in [-0.25, -0.2) is 13.8 Å². The van der Waals surface area contributed by atoms with Crippen molar-refractivity contribution in [1.29, 1.82) is 0 Å². The number of rotatable bonds is 4. The Kier molecular flexibility index (Phi) is 6.00. The number of aromatic nitrogens is 2. The van der Waals surface area contributed by atoms with Crippen molar-refractivity contribution in [3.63, 3.8) is 0 Å². The van der Waals surface area contributed by atoms with Gasteiger partial charge in [0.05, 0.1) is 11.3 Å². The van der Waals surface area contributed by atoms with Crippen molar-refractivity contribution >= 4 is 40.1 Å². The van der Waals surface area contributed by atoms with E-state index in [-0.39, 0.29) is 16.2 Å². The summed E-state index contributed by atoms with van der Waals surface area (Å²) >= 11 is 11.1. The van der Waals surface area contributed by atoms with E-state index in [1.807, 2.05) is 0 Å². The first-order valence-electron chi connectivity index (χ1n) is 8.14. The molecule has 1 atom stereocenters. The van der Waals surface area contributed by atoms with Crippen LogP contribution in [0.2, 0.25) is 5.15 Å². The molecule has 2 heterocycles. The highest BCUT2D eigenvalue weighted by Gasteiger charge is 2.40. The summed E-state index contributed by atoms with van der Waals surface area (Å²) in [5.41, 5.74) is -2.79. The van der Waals surface area contributed by atoms with Crippen LogP contribution < -0.4 is 10.7 Å². The van der Waals surface area contributed by atoms with E-state index >= 15 is 0 Å². The first-order chi connectivity index (χ1) is 14.0. The SMILES string of the molecule is O=C(N[C@@H](CCl)C(F)(F)F)c1cn(-c2c(F)cccc2F)c2nc(Cl)ccc2c1=O. The average molecular weight is 466 g/mol. The Hall–Kier alpha value is -2.72. The third-order valence-corrected chi connectivity index (χ3v) is 4.61. The highest BCUT2D eigenvalue weighted by molar-refractivity contribution is 6.29. The molecule has 5 nitrogen and oxygen atoms in total. The molecule has 0 aliphatic heterocycles. The van der Waals surface area contributed by atoms with Crippen molar-refractivity contribution in [2.24, 2.45) is 0 Å². The fraction of sp³-hybridized carbons (Fsp3) is 0.167. The molecule has 3 rings (SSSR count). The lowest BCUT2D eigenvalue weighted by molar-refractivity contribution is -0.148. The van der Waals surface area contributed by atoms with Crippen molar-refractivity contribution < 1.29 is 26.7 Å². The summed E-state index contributed by atoms with van der Waals surface area (Å²) < 4.78 is 68.3. The van der Waals surface area contributed by atoms with Crippen molar-refractivity contribution in [2.45, 2.75) is 12.2 Å². The summed E-state index contributed by atoms with van der Waals surface area (Å²) in [6.07, 6.45) is -4.17. The van der Waals surface area contributed by atoms with Gasteiger partial charge in [-0.3, -0.25) is 14.2 Å². The molecular formula is C18H10Cl2F5N3O2. The zero-order chi connectivity index (χ0) is 22.2. The van der Waals surface area contributed by atoms with Crippen molar-refractivity contribution in [1.82, 2.24) is 14.9 Å². The molecule has 1 amide bonds. The van der Waals surface area contributed by atoms with Gasteiger partial charge in [0.1, 0.15) is 39.7 Å². The van der Waals surface area contributed by atoms with Crippen molar-refractivity contribution in [3.05, 3.63) is 69.1 Å². The number of alkyl halides is 4. The second-order valence-corrected chi connectivity index (χ2v) is 6.74. The van der Waals surface area contributed by atoms with Gasteiger partial charge in [-0.15, -0.1) is 11.6 Å². The largest absolute Gasteiger partial charge is 0.409 e. The summed E-state index contributed by atoms with van der Waals surface area (Å²) in [6.45, 7) is 0. The molecule has 0 aliphatic carbocycles. The predicted molar refractivity (Wildman–Crippen MR) is 100 cm³/mol. The Morgan fingerprint density at radius 1 is 1.17 bits per heavy atom. The van der Waals surface area contributed by atoms with E-state index in [9.17, 15) is 31.5 Å². The van der Waals surface area contributed by atoms with Crippen LogP contribution in [0.4, 0.5) is 22.0 Å². The summed E-state index contributed by atoms with van der Waals surface area (Å²) in [7, 11) is 0. The standard InChI is InChI=1S/C18H10Cl2F5N3O2/c19-6-12(18(23,24)25)26-17(30)9-7-28(14-10(21)2-1-3-11(14)22)16-8(15(9)29)4-5-13(20)27-16/h1-5,7,12H,6H2,(H,26,30)/t12-/m0/s1. The maximum absolute atomic E-state index is 14.4. The number of amides is 1. The summed E-state index contributed by atoms with van der Waals surface area (Å²) in [5.74, 6) is -4.56. The van der Waals surface area contributed by atoms with Crippen LogP contribution in [-0.2, 0) is 0 Å². The number of nitrogens with one attached hydrogen (secondary N) is 1. The molecular weight excluding hydrogens is 456 g/mol. The van der Waals surface area contributed by atoms with Gasteiger partial charge in [-0.2, -0.15) is 13.2 Å². The number of carbonyl (C=O) groups excluding carboxylic acids is 1. The molecule has 2 aromatic heterocycles. The molecule has 0 unspecified atom stereocenters. The molecule has 158 valence electrons. The molecule has 3 aromatic rings. The molecule has 1 aromatic carbocycles. The number of pyridine rings is 2. The van der Waals surface area contributed by atoms with Crippen molar-refractivity contribution in [2.75, 3.05) is 5.88 Å². The van der Waals surface area contributed by atoms with Gasteiger partial charge in [0.15, 0.2) is 0 Å². The topological polar surface area (TPSA) is 64.0 Å². The van der Waals surface area contributed by atoms with Gasteiger partial charge in [-0.1, -0.05) is 17.7 Å². The van der Waals surface area contributed by atoms with E-state index < -0.39 is 52.3 Å². The zero-order valence-corrected chi connectivity index (χ0v) is 16.1. The quantitative estimate of drug-likeness (QED) is 0.356. The predicted octanol–water partition coefficient (Wildman–Crippen LogP) is 4.22. The number of hydrogen-bond acceptors (Lipinski definition) is 3. The van der Waals surface area contributed by atoms with E-state index in [0.29, 0.717) is 6.20 Å². The smallest absolute Gasteiger partial charge is 0.339 e. The second kappa shape index (κ2) is 8.19. The Morgan fingerprint density at radius 3 is 2.37 bits per heavy atom. The summed E-state index contributed by atoms with van der Waals surface area (Å²) in [5, 5.41) is 1.20. The normalized spacial score (nSPS) is 12.8. The Labute approximate surface area is 175 Å². The molecule has 0 saturated carbocycles. The van der Waals surface area contributed by atoms with E-state index in [4.69, 9.17) is 23.2 Å². The molecule has 0 bridgehead atoms. The fourth-order valence-corrected chi connectivity index (χ4v) is 3.07. The molecule has 1 N–H and O–H groups in total. The number of fused-ring (bicyclic) bond motifs is 1. The van der Waals surface area contributed by atoms with Crippen LogP contribution in [0.15, 0.2) is 41.3 Å². The lowest BCUT2D eigenvalue weighted by Gasteiger charge is -2.20. The Balaban J connectivity index is 2.28. The maximum atomic E-state index is 14.4. The third-order valence-electron chi connectivity index (χ3n) is 4.09. The van der Waals surface area contributed by atoms with Crippen LogP contribution in [0.1, 0.15) is 10.4 Å². The van der Waals surface area contributed by atoms with Gasteiger partial charge < -0.3 is 5.32 Å². The summed E-state index contributed by atoms with van der Waals surface area (Å²) in [4.78, 5) is 29.0. The van der Waals surface area contributed by atoms with Gasteiger partial charge in [0, 0.05) is 6.20 Å². The van der Waals surface area contributed by atoms with Crippen LogP contribution in [0.25, 0.3) is 16.7 Å². The van der Waals surface area contributed by atoms with Crippen molar-refractivity contribution in [3.8, 4) is 5.69 Å². The monoisotopic (exact) mass is 465 g/mol. The molecule has 0 aliphatic rings. The molecule has 12 heteroatoms. The maximum Gasteiger partial charge on any atom is 0.409 e. The number of carbonyl (C=O) groups is 1. The Bertz CT molecular complexity index is 1180. The number of para-hydroxylation sites is 1. The first kappa shape index (κ1) is 22.0. The van der Waals surface area contributed by atoms with E-state index in [1.54, 1.807) is 5.32 Å². The molecule has 0 saturated heterocycles. The number of nitrogens with zero attached hydrogens (tertiary/aromatic N) is 2. The lowest BCUT2D eigenvalue weighted by atomic mass is 10.1. The number of hydrogen-bond donors (Lipinski definition) is 1. The van der Waals surface area contributed by atoms with E-state index in [2.05, 4.69) is 4.98 Å². The van der Waals surface area contributed by atoms with Crippen LogP contribution >= 0.6 is 23.2 Å². The lowest BCUT2D eigenvalue weighted by Crippen LogP contribution is -2.47. The van der Waals surface area contributed by atoms with Crippen LogP contribution in [0.5, 0.6) is 0 Å². The molecule has 0 spiro atoms. The Morgan fingerprint density at radius 2 is 1.80 bits per heavy atom. The molecule has 0 radical (unpaired) electrons. The minimum absolute atomic E-state index is 0.121. The van der Waals surface area contributed by atoms with E-state index in [1.165, 1.54) is 6.07 Å². The number of benzene rings is 1. The van der Waals surface area contributed by atoms with Crippen LogP contribution in [0, 0.1) is 11.6 Å². The minimum atomic E-state index is -4.87. The second-order valence-electron chi connectivity index (χ2n) is 6.04. The van der Waals surface area contributed by atoms with Gasteiger partial charge in [0.2, 0.25) is 5.43 Å². The van der Waals surface area contributed by atoms with Crippen LogP contribution in [-0.4, -0.2) is 33.6 Å². The van der Waals surface area contributed by atoms with Gasteiger partial charge in [0.25, 0.3) is 5.91 Å². The first-order valence-corrected chi connectivity index (χ1v) is 9.05. The fourth-order valence-electron chi connectivity index (χ4n) is 2.68. The van der Waals surface area contributed by atoms with Gasteiger partial charge in [-0.05, 0) is 24.3 Å². The van der Waals surface area contributed by atoms with Gasteiger partial charge >= 0.3 is 6.18 Å². The third kappa shape index (κ3) is 4.10. The molecule has 0 fully saturated rings. The number of halogens is 7. The summed E-state index contributed by atoms with van der Waals surface area (Å²) in [6, 6.07) is 2.80.